The van der Waals surface area contributed by atoms with Gasteiger partial charge in [0.15, 0.2) is 0 Å². The summed E-state index contributed by atoms with van der Waals surface area (Å²) in [6, 6.07) is 0. The van der Waals surface area contributed by atoms with Crippen molar-refractivity contribution >= 4 is 16.5 Å². The topological polar surface area (TPSA) is 23.3 Å². The van der Waals surface area contributed by atoms with Crippen LogP contribution in [-0.2, 0) is 4.74 Å². The van der Waals surface area contributed by atoms with Crippen molar-refractivity contribution in [3.05, 3.63) is 4.65 Å². The molecule has 0 rings (SSSR count). The van der Waals surface area contributed by atoms with Crippen molar-refractivity contribution in [1.82, 2.24) is 0 Å². The van der Waals surface area contributed by atoms with Crippen LogP contribution in [0.5, 0.6) is 0 Å². The summed E-state index contributed by atoms with van der Waals surface area (Å²) in [6.45, 7) is 19.4. The minimum atomic E-state index is -1.11. The van der Waals surface area contributed by atoms with E-state index >= 15 is 0 Å². The quantitative estimate of drug-likeness (QED) is 0.676. The molecule has 88 valence electrons. The molecule has 0 unspecified atom stereocenters. The molecule has 0 aliphatic carbocycles. The maximum Gasteiger partial charge on any atom is 1.00 e. The Hall–Kier alpha value is 0.951. The molecule has 15 heavy (non-hydrogen) atoms. The van der Waals surface area contributed by atoms with Crippen LogP contribution in [0.4, 0.5) is 0 Å². The molecule has 5 heteroatoms. The van der Waals surface area contributed by atoms with E-state index < -0.39 is 16.5 Å². The zero-order valence-electron chi connectivity index (χ0n) is 12.3. The van der Waals surface area contributed by atoms with Gasteiger partial charge in [-0.15, -0.1) is 0 Å². The van der Waals surface area contributed by atoms with Crippen LogP contribution < -0.4 is 18.9 Å². The summed E-state index contributed by atoms with van der Waals surface area (Å²) in [5, 5.41) is 0. The van der Waals surface area contributed by atoms with Crippen molar-refractivity contribution in [2.24, 2.45) is 0 Å². The van der Waals surface area contributed by atoms with Crippen LogP contribution in [0.3, 0.4) is 0 Å². The first-order valence-corrected chi connectivity index (χ1v) is 12.3. The fraction of sp³-hybridized carbons (Fsp3) is 1.00. The minimum absolute atomic E-state index is 0. The zero-order chi connectivity index (χ0) is 11.8. The SMILES string of the molecule is CCOCC.C[Si](C)(C)[N-][Si](C)(C)C.[Li+]. The molecule has 0 aromatic rings. The molecular weight excluding hydrogens is 213 g/mol. The summed E-state index contributed by atoms with van der Waals surface area (Å²) in [5.41, 5.74) is 0. The fourth-order valence-electron chi connectivity index (χ4n) is 1.21. The van der Waals surface area contributed by atoms with E-state index in [1.807, 2.05) is 13.8 Å². The van der Waals surface area contributed by atoms with Crippen molar-refractivity contribution in [1.29, 1.82) is 0 Å². The first kappa shape index (κ1) is 21.3. The van der Waals surface area contributed by atoms with Crippen LogP contribution in [0.15, 0.2) is 0 Å². The molecule has 0 fully saturated rings. The summed E-state index contributed by atoms with van der Waals surface area (Å²) in [7, 11) is -2.21. The van der Waals surface area contributed by atoms with E-state index in [9.17, 15) is 0 Å². The van der Waals surface area contributed by atoms with E-state index in [0.29, 0.717) is 0 Å². The molecule has 0 N–H and O–H groups in total. The van der Waals surface area contributed by atoms with Gasteiger partial charge in [-0.1, -0.05) is 55.8 Å². The van der Waals surface area contributed by atoms with E-state index in [-0.39, 0.29) is 18.9 Å². The first-order valence-electron chi connectivity index (χ1n) is 5.44. The molecule has 0 saturated carbocycles. The van der Waals surface area contributed by atoms with Crippen molar-refractivity contribution in [3.63, 3.8) is 0 Å². The van der Waals surface area contributed by atoms with Crippen LogP contribution in [0, 0.1) is 0 Å². The number of hydrogen-bond donors (Lipinski definition) is 0. The Morgan fingerprint density at radius 2 is 1.07 bits per heavy atom. The van der Waals surface area contributed by atoms with E-state index in [0.717, 1.165) is 13.2 Å². The Kier molecular flexibility index (Phi) is 14.4. The maximum atomic E-state index is 4.83. The summed E-state index contributed by atoms with van der Waals surface area (Å²) in [4.78, 5) is 0. The molecule has 0 heterocycles. The van der Waals surface area contributed by atoms with Crippen molar-refractivity contribution in [2.45, 2.75) is 53.1 Å². The van der Waals surface area contributed by atoms with Gasteiger partial charge in [0.25, 0.3) is 0 Å². The standard InChI is InChI=1S/C6H18NSi2.C4H10O.Li/c1-8(2,3)7-9(4,5)6;1-3-5-4-2;/h1-6H3;3-4H2,1-2H3;/q-1;;+1. The normalized spacial score (nSPS) is 11.2. The molecule has 0 aromatic carbocycles. The van der Waals surface area contributed by atoms with Crippen LogP contribution in [0.25, 0.3) is 4.65 Å². The Bertz CT molecular complexity index is 118. The zero-order valence-corrected chi connectivity index (χ0v) is 14.3. The van der Waals surface area contributed by atoms with Crippen molar-refractivity contribution in [3.8, 4) is 0 Å². The summed E-state index contributed by atoms with van der Waals surface area (Å²) in [6.07, 6.45) is 0. The second-order valence-corrected chi connectivity index (χ2v) is 14.8. The molecule has 0 spiro atoms. The molecule has 0 radical (unpaired) electrons. The Morgan fingerprint density at radius 3 is 1.07 bits per heavy atom. The van der Waals surface area contributed by atoms with Crippen molar-refractivity contribution in [2.75, 3.05) is 13.2 Å². The van der Waals surface area contributed by atoms with Gasteiger partial charge in [-0.2, -0.15) is 0 Å². The Balaban J connectivity index is -0.000000208. The number of ether oxygens (including phenoxy) is 1. The molecule has 0 atom stereocenters. The van der Waals surface area contributed by atoms with Gasteiger partial charge >= 0.3 is 18.9 Å². The minimum Gasteiger partial charge on any atom is -0.668 e. The van der Waals surface area contributed by atoms with Crippen molar-refractivity contribution < 1.29 is 23.6 Å². The third kappa shape index (κ3) is 31.3. The van der Waals surface area contributed by atoms with E-state index in [1.165, 1.54) is 0 Å². The molecule has 0 aliphatic rings. The third-order valence-electron chi connectivity index (χ3n) is 1.08. The maximum absolute atomic E-state index is 4.83. The molecule has 0 amide bonds. The predicted molar refractivity (Wildman–Crippen MR) is 72.2 cm³/mol. The number of hydrogen-bond acceptors (Lipinski definition) is 1. The second-order valence-electron chi connectivity index (χ2n) is 5.23. The molecule has 0 saturated heterocycles. The predicted octanol–water partition coefficient (Wildman–Crippen LogP) is 1.08. The monoisotopic (exact) mass is 241 g/mol. The third-order valence-corrected chi connectivity index (χ3v) is 6.45. The van der Waals surface area contributed by atoms with Gasteiger partial charge in [0.2, 0.25) is 0 Å². The molecule has 2 nitrogen and oxygen atoms in total. The van der Waals surface area contributed by atoms with Gasteiger partial charge in [-0.3, -0.25) is 0 Å². The Labute approximate surface area is 111 Å². The summed E-state index contributed by atoms with van der Waals surface area (Å²) < 4.78 is 9.65. The van der Waals surface area contributed by atoms with E-state index in [1.54, 1.807) is 0 Å². The number of rotatable bonds is 4. The van der Waals surface area contributed by atoms with Crippen LogP contribution in [0.1, 0.15) is 13.8 Å². The van der Waals surface area contributed by atoms with Crippen LogP contribution in [0.2, 0.25) is 39.3 Å². The average molecular weight is 241 g/mol. The molecule has 0 aliphatic heterocycles. The molecule has 0 bridgehead atoms. The van der Waals surface area contributed by atoms with Gasteiger partial charge in [-0.25, -0.2) is 0 Å². The summed E-state index contributed by atoms with van der Waals surface area (Å²) in [5.74, 6) is 0. The smallest absolute Gasteiger partial charge is 0.668 e. The molecular formula is C10H28LiNOSi2. The Morgan fingerprint density at radius 1 is 0.800 bits per heavy atom. The van der Waals surface area contributed by atoms with Gasteiger partial charge in [0.05, 0.1) is 0 Å². The van der Waals surface area contributed by atoms with Gasteiger partial charge in [0, 0.05) is 13.2 Å². The first-order chi connectivity index (χ1) is 6.12. The number of nitrogens with zero attached hydrogens (tertiary/aromatic N) is 1. The fourth-order valence-corrected chi connectivity index (χ4v) is 9.26. The average Bonchev–Trinajstić information content (AvgIpc) is 1.81. The summed E-state index contributed by atoms with van der Waals surface area (Å²) >= 11 is 0. The van der Waals surface area contributed by atoms with Gasteiger partial charge < -0.3 is 9.38 Å². The molecule has 0 aromatic heterocycles. The van der Waals surface area contributed by atoms with Crippen LogP contribution >= 0.6 is 0 Å². The van der Waals surface area contributed by atoms with E-state index in [2.05, 4.69) is 39.3 Å². The van der Waals surface area contributed by atoms with Crippen LogP contribution in [-0.4, -0.2) is 29.7 Å². The van der Waals surface area contributed by atoms with Gasteiger partial charge in [0.1, 0.15) is 0 Å². The second kappa shape index (κ2) is 10.1. The van der Waals surface area contributed by atoms with E-state index in [4.69, 9.17) is 9.38 Å². The largest absolute Gasteiger partial charge is 1.00 e. The van der Waals surface area contributed by atoms with Gasteiger partial charge in [-0.05, 0) is 13.8 Å².